The summed E-state index contributed by atoms with van der Waals surface area (Å²) in [5, 5.41) is 6.12. The number of thioether (sulfide) groups is 1. The van der Waals surface area contributed by atoms with Crippen molar-refractivity contribution < 1.29 is 9.59 Å². The van der Waals surface area contributed by atoms with Gasteiger partial charge in [-0.15, -0.1) is 0 Å². The van der Waals surface area contributed by atoms with Gasteiger partial charge in [0.1, 0.15) is 10.4 Å². The van der Waals surface area contributed by atoms with E-state index < -0.39 is 0 Å². The molecular weight excluding hydrogens is 380 g/mol. The first kappa shape index (κ1) is 20.1. The molecular formula is C19H26N4O2S2. The zero-order valence-corrected chi connectivity index (χ0v) is 17.4. The van der Waals surface area contributed by atoms with E-state index >= 15 is 0 Å². The van der Waals surface area contributed by atoms with Gasteiger partial charge in [0.25, 0.3) is 0 Å². The monoisotopic (exact) mass is 406 g/mol. The van der Waals surface area contributed by atoms with Gasteiger partial charge in [-0.05, 0) is 31.4 Å². The molecule has 0 bridgehead atoms. The van der Waals surface area contributed by atoms with Crippen LogP contribution in [-0.4, -0.2) is 70.5 Å². The molecule has 6 nitrogen and oxygen atoms in total. The Bertz CT molecular complexity index is 720. The number of para-hydroxylation sites is 1. The summed E-state index contributed by atoms with van der Waals surface area (Å²) in [6.45, 7) is 7.23. The number of carbonyl (C=O) groups is 2. The molecule has 1 aromatic carbocycles. The molecule has 0 saturated carbocycles. The number of hydrogen-bond donors (Lipinski definition) is 2. The minimum Gasteiger partial charge on any atom is -0.359 e. The van der Waals surface area contributed by atoms with Crippen LogP contribution in [0.3, 0.4) is 0 Å². The molecule has 27 heavy (non-hydrogen) atoms. The Morgan fingerprint density at radius 2 is 1.96 bits per heavy atom. The summed E-state index contributed by atoms with van der Waals surface area (Å²) >= 11 is 6.63. The molecule has 2 N–H and O–H groups in total. The Morgan fingerprint density at radius 1 is 1.22 bits per heavy atom. The molecule has 0 radical (unpaired) electrons. The van der Waals surface area contributed by atoms with Crippen molar-refractivity contribution >= 4 is 45.8 Å². The van der Waals surface area contributed by atoms with E-state index in [9.17, 15) is 9.59 Å². The predicted octanol–water partition coefficient (Wildman–Crippen LogP) is 1.77. The fourth-order valence-corrected chi connectivity index (χ4v) is 4.60. The van der Waals surface area contributed by atoms with Gasteiger partial charge in [-0.3, -0.25) is 14.5 Å². The Morgan fingerprint density at radius 3 is 2.63 bits per heavy atom. The van der Waals surface area contributed by atoms with Gasteiger partial charge in [-0.2, -0.15) is 0 Å². The van der Waals surface area contributed by atoms with E-state index in [0.717, 1.165) is 36.3 Å². The van der Waals surface area contributed by atoms with Crippen molar-refractivity contribution in [3.05, 3.63) is 29.3 Å². The standard InChI is InChI=1S/C19H26N4O2S2/c1-13-5-3-6-14(2)17(13)21-16(24)11-22-7-4-8-23(10-9-22)18(25)15-12-27-19(26)20-15/h3,5-6,15H,4,7-12H2,1-2H3,(H,20,26)(H,21,24). The number of anilines is 1. The molecule has 146 valence electrons. The van der Waals surface area contributed by atoms with Gasteiger partial charge in [0.05, 0.1) is 6.54 Å². The van der Waals surface area contributed by atoms with Gasteiger partial charge in [-0.25, -0.2) is 0 Å². The smallest absolute Gasteiger partial charge is 0.246 e. The topological polar surface area (TPSA) is 64.7 Å². The lowest BCUT2D eigenvalue weighted by Gasteiger charge is -2.24. The van der Waals surface area contributed by atoms with E-state index in [1.807, 2.05) is 36.9 Å². The van der Waals surface area contributed by atoms with Crippen LogP contribution >= 0.6 is 24.0 Å². The van der Waals surface area contributed by atoms with E-state index in [-0.39, 0.29) is 17.9 Å². The van der Waals surface area contributed by atoms with Crippen LogP contribution < -0.4 is 10.6 Å². The Hall–Kier alpha value is -1.64. The van der Waals surface area contributed by atoms with Crippen molar-refractivity contribution in [3.63, 3.8) is 0 Å². The summed E-state index contributed by atoms with van der Waals surface area (Å²) in [5.41, 5.74) is 3.03. The molecule has 1 aromatic rings. The second-order valence-electron chi connectivity index (χ2n) is 7.07. The number of benzene rings is 1. The highest BCUT2D eigenvalue weighted by atomic mass is 32.2. The highest BCUT2D eigenvalue weighted by molar-refractivity contribution is 8.23. The van der Waals surface area contributed by atoms with Crippen LogP contribution in [0.25, 0.3) is 0 Å². The maximum Gasteiger partial charge on any atom is 0.246 e. The first-order chi connectivity index (χ1) is 12.9. The SMILES string of the molecule is Cc1cccc(C)c1NC(=O)CN1CCCN(C(=O)C2CSC(=S)N2)CC1. The molecule has 1 atom stereocenters. The van der Waals surface area contributed by atoms with Crippen LogP contribution in [0.4, 0.5) is 5.69 Å². The average molecular weight is 407 g/mol. The van der Waals surface area contributed by atoms with Gasteiger partial charge in [0.2, 0.25) is 11.8 Å². The number of thiocarbonyl (C=S) groups is 1. The molecule has 3 rings (SSSR count). The molecule has 0 spiro atoms. The molecule has 2 aliphatic heterocycles. The van der Waals surface area contributed by atoms with E-state index in [2.05, 4.69) is 15.5 Å². The Labute approximate surface area is 170 Å². The highest BCUT2D eigenvalue weighted by Gasteiger charge is 2.30. The van der Waals surface area contributed by atoms with Gasteiger partial charge >= 0.3 is 0 Å². The minimum absolute atomic E-state index is 0.00798. The van der Waals surface area contributed by atoms with Crippen molar-refractivity contribution in [2.45, 2.75) is 26.3 Å². The van der Waals surface area contributed by atoms with E-state index in [0.29, 0.717) is 29.7 Å². The first-order valence-electron chi connectivity index (χ1n) is 9.24. The Balaban J connectivity index is 1.51. The van der Waals surface area contributed by atoms with Crippen LogP contribution in [0.1, 0.15) is 17.5 Å². The summed E-state index contributed by atoms with van der Waals surface area (Å²) < 4.78 is 0.702. The number of amides is 2. The molecule has 8 heteroatoms. The van der Waals surface area contributed by atoms with E-state index in [1.165, 1.54) is 11.8 Å². The fraction of sp³-hybridized carbons (Fsp3) is 0.526. The molecule has 2 amide bonds. The summed E-state index contributed by atoms with van der Waals surface area (Å²) in [7, 11) is 0. The second kappa shape index (κ2) is 9.03. The fourth-order valence-electron chi connectivity index (χ4n) is 3.48. The largest absolute Gasteiger partial charge is 0.359 e. The lowest BCUT2D eigenvalue weighted by Crippen LogP contribution is -2.47. The molecule has 2 aliphatic rings. The molecule has 2 fully saturated rings. The van der Waals surface area contributed by atoms with Crippen LogP contribution in [0, 0.1) is 13.8 Å². The zero-order valence-electron chi connectivity index (χ0n) is 15.8. The average Bonchev–Trinajstić information content (AvgIpc) is 2.93. The summed E-state index contributed by atoms with van der Waals surface area (Å²) in [6.07, 6.45) is 0.868. The lowest BCUT2D eigenvalue weighted by molar-refractivity contribution is -0.132. The number of rotatable bonds is 4. The normalized spacial score (nSPS) is 20.9. The third-order valence-electron chi connectivity index (χ3n) is 4.98. The number of nitrogens with zero attached hydrogens (tertiary/aromatic N) is 2. The number of nitrogens with one attached hydrogen (secondary N) is 2. The van der Waals surface area contributed by atoms with Crippen LogP contribution in [0.15, 0.2) is 18.2 Å². The van der Waals surface area contributed by atoms with Crippen molar-refractivity contribution in [2.75, 3.05) is 43.8 Å². The molecule has 0 aliphatic carbocycles. The predicted molar refractivity (Wildman–Crippen MR) is 114 cm³/mol. The zero-order chi connectivity index (χ0) is 19.4. The Kier molecular flexibility index (Phi) is 6.73. The van der Waals surface area contributed by atoms with E-state index in [4.69, 9.17) is 12.2 Å². The third kappa shape index (κ3) is 5.21. The van der Waals surface area contributed by atoms with Crippen LogP contribution in [-0.2, 0) is 9.59 Å². The molecule has 2 heterocycles. The van der Waals surface area contributed by atoms with Crippen molar-refractivity contribution in [1.82, 2.24) is 15.1 Å². The minimum atomic E-state index is -0.207. The first-order valence-corrected chi connectivity index (χ1v) is 10.6. The number of carbonyl (C=O) groups excluding carboxylic acids is 2. The summed E-state index contributed by atoms with van der Waals surface area (Å²) in [4.78, 5) is 29.2. The number of aryl methyl sites for hydroxylation is 2. The second-order valence-corrected chi connectivity index (χ2v) is 8.76. The summed E-state index contributed by atoms with van der Waals surface area (Å²) in [5.74, 6) is 0.811. The van der Waals surface area contributed by atoms with Crippen molar-refractivity contribution in [3.8, 4) is 0 Å². The van der Waals surface area contributed by atoms with Gasteiger partial charge in [0.15, 0.2) is 0 Å². The van der Waals surface area contributed by atoms with Gasteiger partial charge in [-0.1, -0.05) is 42.2 Å². The highest BCUT2D eigenvalue weighted by Crippen LogP contribution is 2.19. The lowest BCUT2D eigenvalue weighted by atomic mass is 10.1. The summed E-state index contributed by atoms with van der Waals surface area (Å²) in [6, 6.07) is 5.78. The van der Waals surface area contributed by atoms with Crippen LogP contribution in [0.5, 0.6) is 0 Å². The molecule has 1 unspecified atom stereocenters. The molecule has 0 aromatic heterocycles. The van der Waals surface area contributed by atoms with Crippen molar-refractivity contribution in [2.24, 2.45) is 0 Å². The quantitative estimate of drug-likeness (QED) is 0.743. The number of hydrogen-bond acceptors (Lipinski definition) is 5. The van der Waals surface area contributed by atoms with Gasteiger partial charge in [0, 0.05) is 37.6 Å². The molecule has 2 saturated heterocycles. The van der Waals surface area contributed by atoms with Crippen molar-refractivity contribution in [1.29, 1.82) is 0 Å². The maximum absolute atomic E-state index is 12.6. The van der Waals surface area contributed by atoms with Gasteiger partial charge < -0.3 is 15.5 Å². The maximum atomic E-state index is 12.6. The van der Waals surface area contributed by atoms with E-state index in [1.54, 1.807) is 0 Å². The van der Waals surface area contributed by atoms with Crippen LogP contribution in [0.2, 0.25) is 0 Å². The third-order valence-corrected chi connectivity index (χ3v) is 6.34.